The summed E-state index contributed by atoms with van der Waals surface area (Å²) < 4.78 is 0. The van der Waals surface area contributed by atoms with Gasteiger partial charge in [0, 0.05) is 10.7 Å². The Hall–Kier alpha value is -0.710. The molecule has 1 amide bonds. The number of halogens is 1. The summed E-state index contributed by atoms with van der Waals surface area (Å²) in [6, 6.07) is 6.50. The van der Waals surface area contributed by atoms with Gasteiger partial charge in [0.2, 0.25) is 5.91 Å². The van der Waals surface area contributed by atoms with Crippen molar-refractivity contribution in [1.82, 2.24) is 0 Å². The van der Waals surface area contributed by atoms with Crippen molar-refractivity contribution < 1.29 is 4.79 Å². The summed E-state index contributed by atoms with van der Waals surface area (Å²) in [6.07, 6.45) is 2.67. The molecule has 16 heavy (non-hydrogen) atoms. The Labute approximate surface area is 105 Å². The molecule has 0 aliphatic carbocycles. The van der Waals surface area contributed by atoms with Crippen molar-refractivity contribution >= 4 is 35.0 Å². The minimum Gasteiger partial charge on any atom is -0.325 e. The highest BCUT2D eigenvalue weighted by molar-refractivity contribution is 7.98. The van der Waals surface area contributed by atoms with Crippen LogP contribution in [0.1, 0.15) is 6.42 Å². The first-order chi connectivity index (χ1) is 7.63. The summed E-state index contributed by atoms with van der Waals surface area (Å²) in [5, 5.41) is 3.39. The monoisotopic (exact) mass is 258 g/mol. The van der Waals surface area contributed by atoms with E-state index in [0.717, 1.165) is 5.75 Å². The normalized spacial score (nSPS) is 12.2. The molecule has 1 aromatic carbocycles. The van der Waals surface area contributed by atoms with Crippen LogP contribution in [-0.4, -0.2) is 24.0 Å². The van der Waals surface area contributed by atoms with Crippen LogP contribution >= 0.6 is 23.4 Å². The van der Waals surface area contributed by atoms with Crippen molar-refractivity contribution in [3.63, 3.8) is 0 Å². The molecule has 0 unspecified atom stereocenters. The first-order valence-corrected chi connectivity index (χ1v) is 6.71. The zero-order valence-corrected chi connectivity index (χ0v) is 10.6. The van der Waals surface area contributed by atoms with Gasteiger partial charge < -0.3 is 11.1 Å². The second kappa shape index (κ2) is 6.78. The van der Waals surface area contributed by atoms with Crippen LogP contribution in [0.2, 0.25) is 5.02 Å². The zero-order chi connectivity index (χ0) is 12.0. The number of carbonyl (C=O) groups is 1. The van der Waals surface area contributed by atoms with Gasteiger partial charge in [-0.25, -0.2) is 0 Å². The summed E-state index contributed by atoms with van der Waals surface area (Å²) in [5.74, 6) is 0.728. The van der Waals surface area contributed by atoms with E-state index in [1.54, 1.807) is 36.0 Å². The summed E-state index contributed by atoms with van der Waals surface area (Å²) in [6.45, 7) is 0. The van der Waals surface area contributed by atoms with Crippen molar-refractivity contribution in [1.29, 1.82) is 0 Å². The molecule has 0 spiro atoms. The van der Waals surface area contributed by atoms with Gasteiger partial charge in [0.05, 0.1) is 6.04 Å². The van der Waals surface area contributed by atoms with E-state index in [0.29, 0.717) is 17.1 Å². The third-order valence-electron chi connectivity index (χ3n) is 2.08. The number of thioether (sulfide) groups is 1. The van der Waals surface area contributed by atoms with E-state index in [9.17, 15) is 4.79 Å². The van der Waals surface area contributed by atoms with Gasteiger partial charge >= 0.3 is 0 Å². The van der Waals surface area contributed by atoms with Gasteiger partial charge in [-0.1, -0.05) is 11.6 Å². The van der Waals surface area contributed by atoms with Crippen LogP contribution in [0, 0.1) is 0 Å². The molecular formula is C11H15ClN2OS. The third-order valence-corrected chi connectivity index (χ3v) is 2.98. The molecule has 0 saturated carbocycles. The van der Waals surface area contributed by atoms with E-state index in [2.05, 4.69) is 5.32 Å². The summed E-state index contributed by atoms with van der Waals surface area (Å²) in [5.41, 5.74) is 6.45. The van der Waals surface area contributed by atoms with Crippen molar-refractivity contribution in [2.24, 2.45) is 5.73 Å². The average molecular weight is 259 g/mol. The van der Waals surface area contributed by atoms with Crippen LogP contribution in [0.25, 0.3) is 0 Å². The van der Waals surface area contributed by atoms with E-state index < -0.39 is 6.04 Å². The third kappa shape index (κ3) is 4.43. The van der Waals surface area contributed by atoms with Crippen LogP contribution < -0.4 is 11.1 Å². The lowest BCUT2D eigenvalue weighted by Gasteiger charge is -2.11. The molecule has 0 aromatic heterocycles. The Morgan fingerprint density at radius 1 is 1.50 bits per heavy atom. The van der Waals surface area contributed by atoms with Gasteiger partial charge in [-0.15, -0.1) is 0 Å². The molecule has 1 atom stereocenters. The van der Waals surface area contributed by atoms with Crippen LogP contribution in [0.15, 0.2) is 24.3 Å². The van der Waals surface area contributed by atoms with Crippen molar-refractivity contribution in [2.75, 3.05) is 17.3 Å². The topological polar surface area (TPSA) is 55.1 Å². The van der Waals surface area contributed by atoms with Crippen LogP contribution in [0.5, 0.6) is 0 Å². The zero-order valence-electron chi connectivity index (χ0n) is 9.07. The molecular weight excluding hydrogens is 244 g/mol. The van der Waals surface area contributed by atoms with Crippen molar-refractivity contribution in [3.05, 3.63) is 29.3 Å². The van der Waals surface area contributed by atoms with E-state index in [4.69, 9.17) is 17.3 Å². The molecule has 1 rings (SSSR count). The Morgan fingerprint density at radius 2 is 2.12 bits per heavy atom. The number of nitrogens with one attached hydrogen (secondary N) is 1. The van der Waals surface area contributed by atoms with E-state index in [1.807, 2.05) is 6.26 Å². The maximum absolute atomic E-state index is 11.6. The molecule has 0 bridgehead atoms. The van der Waals surface area contributed by atoms with Gasteiger partial charge in [-0.05, 0) is 42.7 Å². The molecule has 3 N–H and O–H groups in total. The fourth-order valence-corrected chi connectivity index (χ4v) is 1.76. The quantitative estimate of drug-likeness (QED) is 0.853. The standard InChI is InChI=1S/C11H15ClN2OS/c1-16-7-6-10(13)11(15)14-9-4-2-8(12)3-5-9/h2-5,10H,6-7,13H2,1H3,(H,14,15)/t10-/m1/s1. The minimum absolute atomic E-state index is 0.156. The number of amides is 1. The number of benzene rings is 1. The highest BCUT2D eigenvalue weighted by atomic mass is 35.5. The maximum Gasteiger partial charge on any atom is 0.241 e. The van der Waals surface area contributed by atoms with Crippen LogP contribution in [-0.2, 0) is 4.79 Å². The predicted octanol–water partition coefficient (Wildman–Crippen LogP) is 2.36. The number of carbonyl (C=O) groups excluding carboxylic acids is 1. The lowest BCUT2D eigenvalue weighted by atomic mass is 10.2. The van der Waals surface area contributed by atoms with Crippen LogP contribution in [0.3, 0.4) is 0 Å². The fraction of sp³-hybridized carbons (Fsp3) is 0.364. The SMILES string of the molecule is CSCC[C@@H](N)C(=O)Nc1ccc(Cl)cc1. The Kier molecular flexibility index (Phi) is 5.66. The van der Waals surface area contributed by atoms with Crippen molar-refractivity contribution in [2.45, 2.75) is 12.5 Å². The predicted molar refractivity (Wildman–Crippen MR) is 71.1 cm³/mol. The molecule has 0 heterocycles. The minimum atomic E-state index is -0.455. The van der Waals surface area contributed by atoms with E-state index >= 15 is 0 Å². The lowest BCUT2D eigenvalue weighted by Crippen LogP contribution is -2.36. The molecule has 5 heteroatoms. The number of rotatable bonds is 5. The smallest absolute Gasteiger partial charge is 0.241 e. The Balaban J connectivity index is 2.47. The number of hydrogen-bond donors (Lipinski definition) is 2. The number of nitrogens with two attached hydrogens (primary N) is 1. The summed E-state index contributed by atoms with van der Waals surface area (Å²) in [7, 11) is 0. The lowest BCUT2D eigenvalue weighted by molar-refractivity contribution is -0.117. The first kappa shape index (κ1) is 13.4. The summed E-state index contributed by atoms with van der Waals surface area (Å²) >= 11 is 7.42. The number of hydrogen-bond acceptors (Lipinski definition) is 3. The van der Waals surface area contributed by atoms with E-state index in [-0.39, 0.29) is 5.91 Å². The molecule has 0 saturated heterocycles. The molecule has 88 valence electrons. The van der Waals surface area contributed by atoms with Gasteiger partial charge in [-0.2, -0.15) is 11.8 Å². The molecule has 3 nitrogen and oxygen atoms in total. The molecule has 0 aliphatic rings. The van der Waals surface area contributed by atoms with Gasteiger partial charge in [-0.3, -0.25) is 4.79 Å². The van der Waals surface area contributed by atoms with E-state index in [1.165, 1.54) is 0 Å². The second-order valence-electron chi connectivity index (χ2n) is 3.38. The van der Waals surface area contributed by atoms with Gasteiger partial charge in [0.25, 0.3) is 0 Å². The average Bonchev–Trinajstić information content (AvgIpc) is 2.29. The molecule has 0 radical (unpaired) electrons. The largest absolute Gasteiger partial charge is 0.325 e. The fourth-order valence-electron chi connectivity index (χ4n) is 1.14. The highest BCUT2D eigenvalue weighted by Crippen LogP contribution is 2.13. The molecule has 0 fully saturated rings. The highest BCUT2D eigenvalue weighted by Gasteiger charge is 2.12. The maximum atomic E-state index is 11.6. The van der Waals surface area contributed by atoms with Gasteiger partial charge in [0.1, 0.15) is 0 Å². The molecule has 0 aliphatic heterocycles. The van der Waals surface area contributed by atoms with Crippen molar-refractivity contribution in [3.8, 4) is 0 Å². The Bertz CT molecular complexity index is 342. The second-order valence-corrected chi connectivity index (χ2v) is 4.81. The van der Waals surface area contributed by atoms with Crippen LogP contribution in [0.4, 0.5) is 5.69 Å². The molecule has 1 aromatic rings. The Morgan fingerprint density at radius 3 is 2.69 bits per heavy atom. The number of anilines is 1. The first-order valence-electron chi connectivity index (χ1n) is 4.94. The van der Waals surface area contributed by atoms with Gasteiger partial charge in [0.15, 0.2) is 0 Å². The summed E-state index contributed by atoms with van der Waals surface area (Å²) in [4.78, 5) is 11.6.